The Bertz CT molecular complexity index is 686. The second kappa shape index (κ2) is 8.63. The van der Waals surface area contributed by atoms with Crippen LogP contribution in [0.15, 0.2) is 60.7 Å². The largest absolute Gasteiger partial charge is 0.462 e. The molecule has 136 valence electrons. The van der Waals surface area contributed by atoms with Gasteiger partial charge in [0.15, 0.2) is 0 Å². The molecule has 0 radical (unpaired) electrons. The summed E-state index contributed by atoms with van der Waals surface area (Å²) in [5.74, 6) is -0.556. The molecule has 2 aromatic rings. The first-order chi connectivity index (χ1) is 12.6. The van der Waals surface area contributed by atoms with Crippen LogP contribution in [-0.4, -0.2) is 35.9 Å². The predicted molar refractivity (Wildman–Crippen MR) is 102 cm³/mol. The van der Waals surface area contributed by atoms with Crippen molar-refractivity contribution >= 4 is 11.8 Å². The molecular weight excluding hydrogens is 326 g/mol. The molecule has 0 unspecified atom stereocenters. The molecule has 0 bridgehead atoms. The molecule has 26 heavy (non-hydrogen) atoms. The zero-order chi connectivity index (χ0) is 18.4. The first-order valence-corrected chi connectivity index (χ1v) is 9.00. The normalized spacial score (nSPS) is 15.7. The van der Waals surface area contributed by atoms with Crippen LogP contribution in [0.25, 0.3) is 0 Å². The maximum Gasteiger partial charge on any atom is 0.313 e. The number of esters is 1. The van der Waals surface area contributed by atoms with E-state index < -0.39 is 5.97 Å². The van der Waals surface area contributed by atoms with Gasteiger partial charge in [-0.3, -0.25) is 15.1 Å². The van der Waals surface area contributed by atoms with Gasteiger partial charge in [-0.25, -0.2) is 0 Å². The molecule has 1 fully saturated rings. The lowest BCUT2D eigenvalue weighted by Crippen LogP contribution is -2.40. The Kier molecular flexibility index (Phi) is 6.02. The molecule has 1 aliphatic rings. The van der Waals surface area contributed by atoms with Gasteiger partial charge in [0.1, 0.15) is 18.4 Å². The predicted octanol–water partition coefficient (Wildman–Crippen LogP) is 3.11. The molecule has 0 atom stereocenters. The van der Waals surface area contributed by atoms with Crippen molar-refractivity contribution in [3.63, 3.8) is 0 Å². The van der Waals surface area contributed by atoms with Crippen LogP contribution in [0.3, 0.4) is 0 Å². The number of hydrogen-bond donors (Lipinski definition) is 2. The second-order valence-electron chi connectivity index (χ2n) is 6.65. The number of rotatable bonds is 6. The highest BCUT2D eigenvalue weighted by atomic mass is 16.5. The van der Waals surface area contributed by atoms with Crippen molar-refractivity contribution in [3.05, 3.63) is 71.8 Å². The van der Waals surface area contributed by atoms with Crippen LogP contribution >= 0.6 is 0 Å². The fourth-order valence-electron chi connectivity index (χ4n) is 3.52. The molecule has 1 heterocycles. The lowest BCUT2D eigenvalue weighted by atomic mass is 9.94. The average Bonchev–Trinajstić information content (AvgIpc) is 2.64. The smallest absolute Gasteiger partial charge is 0.313 e. The van der Waals surface area contributed by atoms with Gasteiger partial charge in [-0.05, 0) is 24.0 Å². The van der Waals surface area contributed by atoms with Gasteiger partial charge in [-0.2, -0.15) is 0 Å². The summed E-state index contributed by atoms with van der Waals surface area (Å²) in [6, 6.07) is 21.2. The van der Waals surface area contributed by atoms with Crippen molar-refractivity contribution in [3.8, 4) is 0 Å². The molecule has 5 heteroatoms. The van der Waals surface area contributed by atoms with Crippen LogP contribution in [0.1, 0.15) is 36.4 Å². The Balaban J connectivity index is 1.68. The van der Waals surface area contributed by atoms with Crippen molar-refractivity contribution in [2.24, 2.45) is 5.73 Å². The number of carbonyl (C=O) groups excluding carboxylic acids is 1. The summed E-state index contributed by atoms with van der Waals surface area (Å²) >= 11 is 0. The molecule has 2 aromatic carbocycles. The zero-order valence-corrected chi connectivity index (χ0v) is 14.8. The van der Waals surface area contributed by atoms with Crippen LogP contribution in [0.5, 0.6) is 0 Å². The minimum atomic E-state index is -0.404. The van der Waals surface area contributed by atoms with E-state index in [0.717, 1.165) is 25.9 Å². The van der Waals surface area contributed by atoms with Crippen LogP contribution in [0, 0.1) is 5.41 Å². The number of piperidine rings is 1. The van der Waals surface area contributed by atoms with E-state index in [4.69, 9.17) is 15.9 Å². The fourth-order valence-corrected chi connectivity index (χ4v) is 3.52. The minimum Gasteiger partial charge on any atom is -0.462 e. The van der Waals surface area contributed by atoms with Gasteiger partial charge < -0.3 is 10.5 Å². The molecule has 0 amide bonds. The van der Waals surface area contributed by atoms with E-state index in [0.29, 0.717) is 0 Å². The average molecular weight is 351 g/mol. The Labute approximate surface area is 154 Å². The van der Waals surface area contributed by atoms with Gasteiger partial charge in [-0.15, -0.1) is 0 Å². The lowest BCUT2D eigenvalue weighted by Gasteiger charge is -2.37. The Morgan fingerprint density at radius 3 is 2.00 bits per heavy atom. The molecule has 0 saturated carbocycles. The Hall–Kier alpha value is -2.66. The SMILES string of the molecule is N=C(N)CC(=O)OC1CCN(C(c2ccccc2)c2ccccc2)CC1. The fraction of sp³-hybridized carbons (Fsp3) is 0.333. The van der Waals surface area contributed by atoms with E-state index in [1.165, 1.54) is 11.1 Å². The van der Waals surface area contributed by atoms with E-state index in [1.54, 1.807) is 0 Å². The van der Waals surface area contributed by atoms with Gasteiger partial charge in [0, 0.05) is 13.1 Å². The first kappa shape index (κ1) is 18.1. The van der Waals surface area contributed by atoms with Gasteiger partial charge >= 0.3 is 5.97 Å². The van der Waals surface area contributed by atoms with Gasteiger partial charge in [0.05, 0.1) is 6.04 Å². The van der Waals surface area contributed by atoms with Crippen LogP contribution in [-0.2, 0) is 9.53 Å². The number of hydrogen-bond acceptors (Lipinski definition) is 4. The highest BCUT2D eigenvalue weighted by molar-refractivity contribution is 5.94. The third-order valence-corrected chi connectivity index (χ3v) is 4.71. The van der Waals surface area contributed by atoms with Crippen LogP contribution < -0.4 is 5.73 Å². The Morgan fingerprint density at radius 1 is 1.04 bits per heavy atom. The number of nitrogens with two attached hydrogens (primary N) is 1. The third kappa shape index (κ3) is 4.70. The first-order valence-electron chi connectivity index (χ1n) is 9.00. The third-order valence-electron chi connectivity index (χ3n) is 4.71. The van der Waals surface area contributed by atoms with Crippen molar-refractivity contribution in [1.29, 1.82) is 5.41 Å². The van der Waals surface area contributed by atoms with Crippen molar-refractivity contribution in [2.45, 2.75) is 31.4 Å². The number of ether oxygens (including phenoxy) is 1. The minimum absolute atomic E-state index is 0.0923. The monoisotopic (exact) mass is 351 g/mol. The van der Waals surface area contributed by atoms with E-state index in [9.17, 15) is 4.79 Å². The van der Waals surface area contributed by atoms with Crippen molar-refractivity contribution in [2.75, 3.05) is 13.1 Å². The molecule has 3 rings (SSSR count). The summed E-state index contributed by atoms with van der Waals surface area (Å²) in [5, 5.41) is 7.19. The number of nitrogens with one attached hydrogen (secondary N) is 1. The second-order valence-corrected chi connectivity index (χ2v) is 6.65. The standard InChI is InChI=1S/C21H25N3O2/c22-19(23)15-20(25)26-18-11-13-24(14-12-18)21(16-7-3-1-4-8-16)17-9-5-2-6-10-17/h1-10,18,21H,11-15H2,(H3,22,23). The molecule has 1 saturated heterocycles. The van der Waals surface area contributed by atoms with E-state index in [1.807, 2.05) is 12.1 Å². The Morgan fingerprint density at radius 2 is 1.54 bits per heavy atom. The van der Waals surface area contributed by atoms with Gasteiger partial charge in [0.2, 0.25) is 0 Å². The summed E-state index contributed by atoms with van der Waals surface area (Å²) in [5.41, 5.74) is 7.80. The highest BCUT2D eigenvalue weighted by Crippen LogP contribution is 2.31. The lowest BCUT2D eigenvalue weighted by molar-refractivity contribution is -0.149. The number of carbonyl (C=O) groups is 1. The van der Waals surface area contributed by atoms with E-state index >= 15 is 0 Å². The summed E-state index contributed by atoms with van der Waals surface area (Å²) in [4.78, 5) is 14.2. The zero-order valence-electron chi connectivity index (χ0n) is 14.8. The van der Waals surface area contributed by atoms with E-state index in [2.05, 4.69) is 53.4 Å². The molecule has 0 spiro atoms. The topological polar surface area (TPSA) is 79.4 Å². The maximum absolute atomic E-state index is 11.7. The number of likely N-dealkylation sites (tertiary alicyclic amines) is 1. The molecule has 1 aliphatic heterocycles. The molecule has 0 aliphatic carbocycles. The number of amidine groups is 1. The summed E-state index contributed by atoms with van der Waals surface area (Å²) in [7, 11) is 0. The summed E-state index contributed by atoms with van der Waals surface area (Å²) in [6.45, 7) is 1.71. The van der Waals surface area contributed by atoms with Gasteiger partial charge in [0.25, 0.3) is 0 Å². The molecule has 3 N–H and O–H groups in total. The van der Waals surface area contributed by atoms with E-state index in [-0.39, 0.29) is 24.4 Å². The summed E-state index contributed by atoms with van der Waals surface area (Å²) in [6.07, 6.45) is 1.36. The molecular formula is C21H25N3O2. The van der Waals surface area contributed by atoms with Crippen LogP contribution in [0.2, 0.25) is 0 Å². The number of nitrogens with zero attached hydrogens (tertiary/aromatic N) is 1. The van der Waals surface area contributed by atoms with Crippen molar-refractivity contribution in [1.82, 2.24) is 4.90 Å². The van der Waals surface area contributed by atoms with Crippen molar-refractivity contribution < 1.29 is 9.53 Å². The van der Waals surface area contributed by atoms with Crippen LogP contribution in [0.4, 0.5) is 0 Å². The highest BCUT2D eigenvalue weighted by Gasteiger charge is 2.28. The van der Waals surface area contributed by atoms with Gasteiger partial charge in [-0.1, -0.05) is 60.7 Å². The molecule has 0 aromatic heterocycles. The number of benzene rings is 2. The molecule has 5 nitrogen and oxygen atoms in total. The quantitative estimate of drug-likeness (QED) is 0.476. The summed E-state index contributed by atoms with van der Waals surface area (Å²) < 4.78 is 5.46. The maximum atomic E-state index is 11.7.